The van der Waals surface area contributed by atoms with Crippen LogP contribution in [0.4, 0.5) is 0 Å². The molecule has 1 saturated carbocycles. The molecule has 1 aromatic heterocycles. The Hall–Kier alpha value is -1.38. The standard InChI is InChI=1S/C11H14N2O/c1-7-5-9(8-3-4-8)13-10(6-7)11(14)12-2/h5-6,8H,3-4H2,1-2H3,(H,12,14). The Labute approximate surface area is 83.5 Å². The van der Waals surface area contributed by atoms with Gasteiger partial charge in [-0.1, -0.05) is 0 Å². The zero-order valence-electron chi connectivity index (χ0n) is 8.50. The number of aryl methyl sites for hydroxylation is 1. The molecule has 3 heteroatoms. The maximum atomic E-state index is 11.4. The summed E-state index contributed by atoms with van der Waals surface area (Å²) in [5, 5.41) is 2.59. The molecule has 2 rings (SSSR count). The molecule has 14 heavy (non-hydrogen) atoms. The fourth-order valence-electron chi connectivity index (χ4n) is 1.53. The maximum absolute atomic E-state index is 11.4. The molecule has 0 spiro atoms. The topological polar surface area (TPSA) is 42.0 Å². The molecule has 3 nitrogen and oxygen atoms in total. The smallest absolute Gasteiger partial charge is 0.269 e. The quantitative estimate of drug-likeness (QED) is 0.770. The average molecular weight is 190 g/mol. The molecule has 74 valence electrons. The van der Waals surface area contributed by atoms with Gasteiger partial charge in [0.25, 0.3) is 5.91 Å². The van der Waals surface area contributed by atoms with Crippen LogP contribution >= 0.6 is 0 Å². The van der Waals surface area contributed by atoms with Gasteiger partial charge in [0, 0.05) is 18.7 Å². The van der Waals surface area contributed by atoms with Gasteiger partial charge in [-0.05, 0) is 37.5 Å². The number of pyridine rings is 1. The van der Waals surface area contributed by atoms with E-state index >= 15 is 0 Å². The zero-order valence-corrected chi connectivity index (χ0v) is 8.50. The third-order valence-electron chi connectivity index (χ3n) is 2.44. The van der Waals surface area contributed by atoms with Crippen molar-refractivity contribution in [3.63, 3.8) is 0 Å². The van der Waals surface area contributed by atoms with E-state index in [9.17, 15) is 4.79 Å². The third-order valence-corrected chi connectivity index (χ3v) is 2.44. The highest BCUT2D eigenvalue weighted by atomic mass is 16.1. The number of aromatic nitrogens is 1. The summed E-state index contributed by atoms with van der Waals surface area (Å²) >= 11 is 0. The van der Waals surface area contributed by atoms with Crippen molar-refractivity contribution in [3.8, 4) is 0 Å². The number of hydrogen-bond acceptors (Lipinski definition) is 2. The van der Waals surface area contributed by atoms with E-state index in [1.54, 1.807) is 7.05 Å². The van der Waals surface area contributed by atoms with Crippen LogP contribution in [0.1, 0.15) is 40.5 Å². The van der Waals surface area contributed by atoms with Gasteiger partial charge >= 0.3 is 0 Å². The first-order valence-corrected chi connectivity index (χ1v) is 4.91. The highest BCUT2D eigenvalue weighted by Gasteiger charge is 2.25. The van der Waals surface area contributed by atoms with Crippen LogP contribution in [-0.4, -0.2) is 17.9 Å². The minimum atomic E-state index is -0.101. The summed E-state index contributed by atoms with van der Waals surface area (Å²) in [7, 11) is 1.63. The van der Waals surface area contributed by atoms with E-state index in [0.717, 1.165) is 11.3 Å². The van der Waals surface area contributed by atoms with E-state index in [0.29, 0.717) is 11.6 Å². The number of hydrogen-bond donors (Lipinski definition) is 1. The molecule has 0 unspecified atom stereocenters. The molecule has 0 saturated heterocycles. The van der Waals surface area contributed by atoms with Gasteiger partial charge in [0.1, 0.15) is 5.69 Å². The molecule has 0 radical (unpaired) electrons. The van der Waals surface area contributed by atoms with Crippen molar-refractivity contribution < 1.29 is 4.79 Å². The second-order valence-corrected chi connectivity index (χ2v) is 3.81. The predicted octanol–water partition coefficient (Wildman–Crippen LogP) is 1.63. The lowest BCUT2D eigenvalue weighted by Gasteiger charge is -2.04. The van der Waals surface area contributed by atoms with Gasteiger partial charge in [-0.15, -0.1) is 0 Å². The molecule has 0 aliphatic heterocycles. The van der Waals surface area contributed by atoms with Crippen LogP contribution in [0.3, 0.4) is 0 Å². The van der Waals surface area contributed by atoms with E-state index in [1.165, 1.54) is 12.8 Å². The molecule has 1 aliphatic rings. The van der Waals surface area contributed by atoms with Crippen molar-refractivity contribution in [2.75, 3.05) is 7.05 Å². The molecule has 1 aliphatic carbocycles. The van der Waals surface area contributed by atoms with Gasteiger partial charge in [0.15, 0.2) is 0 Å². The molecule has 1 fully saturated rings. The van der Waals surface area contributed by atoms with Crippen LogP contribution in [0.5, 0.6) is 0 Å². The SMILES string of the molecule is CNC(=O)c1cc(C)cc(C2CC2)n1. The molecule has 1 amide bonds. The number of rotatable bonds is 2. The predicted molar refractivity (Wildman–Crippen MR) is 54.3 cm³/mol. The summed E-state index contributed by atoms with van der Waals surface area (Å²) in [5.74, 6) is 0.494. The van der Waals surface area contributed by atoms with Crippen molar-refractivity contribution in [1.82, 2.24) is 10.3 Å². The lowest BCUT2D eigenvalue weighted by Crippen LogP contribution is -2.19. The minimum Gasteiger partial charge on any atom is -0.354 e. The van der Waals surface area contributed by atoms with Gasteiger partial charge in [-0.25, -0.2) is 4.98 Å². The highest BCUT2D eigenvalue weighted by Crippen LogP contribution is 2.39. The van der Waals surface area contributed by atoms with Gasteiger partial charge < -0.3 is 5.32 Å². The largest absolute Gasteiger partial charge is 0.354 e. The Morgan fingerprint density at radius 3 is 2.79 bits per heavy atom. The van der Waals surface area contributed by atoms with Gasteiger partial charge in [-0.3, -0.25) is 4.79 Å². The zero-order chi connectivity index (χ0) is 10.1. The fraction of sp³-hybridized carbons (Fsp3) is 0.455. The molecule has 1 heterocycles. The summed E-state index contributed by atoms with van der Waals surface area (Å²) in [4.78, 5) is 15.7. The van der Waals surface area contributed by atoms with Crippen LogP contribution < -0.4 is 5.32 Å². The lowest BCUT2D eigenvalue weighted by atomic mass is 10.1. The molecule has 0 atom stereocenters. The number of carbonyl (C=O) groups is 1. The Morgan fingerprint density at radius 1 is 1.50 bits per heavy atom. The second-order valence-electron chi connectivity index (χ2n) is 3.81. The summed E-state index contributed by atoms with van der Waals surface area (Å²) < 4.78 is 0. The summed E-state index contributed by atoms with van der Waals surface area (Å²) in [6, 6.07) is 3.90. The normalized spacial score (nSPS) is 15.3. The van der Waals surface area contributed by atoms with Crippen LogP contribution in [0.15, 0.2) is 12.1 Å². The first-order chi connectivity index (χ1) is 6.70. The number of amides is 1. The Balaban J connectivity index is 2.35. The molecular weight excluding hydrogens is 176 g/mol. The van der Waals surface area contributed by atoms with Gasteiger partial charge in [-0.2, -0.15) is 0 Å². The Kier molecular flexibility index (Phi) is 2.23. The van der Waals surface area contributed by atoms with E-state index in [4.69, 9.17) is 0 Å². The van der Waals surface area contributed by atoms with E-state index in [-0.39, 0.29) is 5.91 Å². The lowest BCUT2D eigenvalue weighted by molar-refractivity contribution is 0.0958. The molecule has 1 aromatic rings. The summed E-state index contributed by atoms with van der Waals surface area (Å²) in [6.45, 7) is 2.00. The molecule has 0 aromatic carbocycles. The van der Waals surface area contributed by atoms with Crippen LogP contribution in [0, 0.1) is 6.92 Å². The Bertz CT molecular complexity index is 370. The monoisotopic (exact) mass is 190 g/mol. The van der Waals surface area contributed by atoms with Crippen molar-refractivity contribution in [2.24, 2.45) is 0 Å². The number of carbonyl (C=O) groups excluding carboxylic acids is 1. The van der Waals surface area contributed by atoms with E-state index < -0.39 is 0 Å². The van der Waals surface area contributed by atoms with Gasteiger partial charge in [0.05, 0.1) is 0 Å². The van der Waals surface area contributed by atoms with Gasteiger partial charge in [0.2, 0.25) is 0 Å². The van der Waals surface area contributed by atoms with Crippen LogP contribution in [-0.2, 0) is 0 Å². The highest BCUT2D eigenvalue weighted by molar-refractivity contribution is 5.92. The van der Waals surface area contributed by atoms with E-state index in [2.05, 4.69) is 16.4 Å². The fourth-order valence-corrected chi connectivity index (χ4v) is 1.53. The van der Waals surface area contributed by atoms with Crippen LogP contribution in [0.25, 0.3) is 0 Å². The molecule has 1 N–H and O–H groups in total. The minimum absolute atomic E-state index is 0.101. The maximum Gasteiger partial charge on any atom is 0.269 e. The van der Waals surface area contributed by atoms with E-state index in [1.807, 2.05) is 13.0 Å². The van der Waals surface area contributed by atoms with Crippen molar-refractivity contribution in [2.45, 2.75) is 25.7 Å². The van der Waals surface area contributed by atoms with Crippen LogP contribution in [0.2, 0.25) is 0 Å². The summed E-state index contributed by atoms with van der Waals surface area (Å²) in [5.41, 5.74) is 2.72. The van der Waals surface area contributed by atoms with Crippen molar-refractivity contribution in [1.29, 1.82) is 0 Å². The average Bonchev–Trinajstić information content (AvgIpc) is 2.98. The second kappa shape index (κ2) is 3.40. The van der Waals surface area contributed by atoms with Crippen molar-refractivity contribution in [3.05, 3.63) is 29.1 Å². The number of nitrogens with zero attached hydrogens (tertiary/aromatic N) is 1. The first-order valence-electron chi connectivity index (χ1n) is 4.91. The first kappa shape index (κ1) is 9.19. The number of nitrogens with one attached hydrogen (secondary N) is 1. The third kappa shape index (κ3) is 1.76. The molecular formula is C11H14N2O. The van der Waals surface area contributed by atoms with Crippen molar-refractivity contribution >= 4 is 5.91 Å². The Morgan fingerprint density at radius 2 is 2.21 bits per heavy atom. The summed E-state index contributed by atoms with van der Waals surface area (Å²) in [6.07, 6.45) is 2.42. The molecule has 0 bridgehead atoms.